The maximum atomic E-state index is 12.5. The van der Waals surface area contributed by atoms with Gasteiger partial charge in [-0.3, -0.25) is 9.59 Å². The summed E-state index contributed by atoms with van der Waals surface area (Å²) in [4.78, 5) is 26.3. The molecule has 0 aliphatic heterocycles. The monoisotopic (exact) mass is 324 g/mol. The molecule has 0 fully saturated rings. The summed E-state index contributed by atoms with van der Waals surface area (Å²) in [5.74, 6) is -1.07. The first-order valence-corrected chi connectivity index (χ1v) is 8.15. The van der Waals surface area contributed by atoms with Crippen LogP contribution in [0.2, 0.25) is 0 Å². The normalized spacial score (nSPS) is 10.5. The Bertz CT molecular complexity index is 679. The molecular formula is C20H24N2O2. The number of amides is 2. The van der Waals surface area contributed by atoms with Crippen LogP contribution in [0, 0.1) is 6.92 Å². The van der Waals surface area contributed by atoms with Gasteiger partial charge in [0.05, 0.1) is 0 Å². The molecule has 0 atom stereocenters. The van der Waals surface area contributed by atoms with Gasteiger partial charge in [-0.15, -0.1) is 0 Å². The second-order valence-electron chi connectivity index (χ2n) is 6.18. The van der Waals surface area contributed by atoms with E-state index in [1.807, 2.05) is 75.4 Å². The number of nitrogens with zero attached hydrogens (tertiary/aromatic N) is 1. The molecule has 24 heavy (non-hydrogen) atoms. The summed E-state index contributed by atoms with van der Waals surface area (Å²) in [6.07, 6.45) is 0. The molecule has 0 aliphatic rings. The molecule has 0 saturated heterocycles. The van der Waals surface area contributed by atoms with E-state index in [0.29, 0.717) is 13.1 Å². The molecule has 0 radical (unpaired) electrons. The average molecular weight is 324 g/mol. The summed E-state index contributed by atoms with van der Waals surface area (Å²) in [5, 5.41) is 2.71. The molecule has 1 N–H and O–H groups in total. The molecule has 2 rings (SSSR count). The standard InChI is InChI=1S/C20H24N2O2/c1-15(2)22(14-18-7-5-4-6-8-18)20(24)19(23)21-13-17-11-9-16(3)10-12-17/h4-12,15H,13-14H2,1-3H3,(H,21,23). The Morgan fingerprint density at radius 2 is 1.58 bits per heavy atom. The van der Waals surface area contributed by atoms with Crippen molar-refractivity contribution >= 4 is 11.8 Å². The number of nitrogens with one attached hydrogen (secondary N) is 1. The minimum Gasteiger partial charge on any atom is -0.344 e. The van der Waals surface area contributed by atoms with Crippen molar-refractivity contribution in [1.82, 2.24) is 10.2 Å². The molecule has 0 aromatic heterocycles. The zero-order valence-corrected chi connectivity index (χ0v) is 14.5. The number of benzene rings is 2. The Balaban J connectivity index is 1.98. The van der Waals surface area contributed by atoms with Crippen LogP contribution in [0.4, 0.5) is 0 Å². The fraction of sp³-hybridized carbons (Fsp3) is 0.300. The molecule has 4 nitrogen and oxygen atoms in total. The van der Waals surface area contributed by atoms with E-state index in [9.17, 15) is 9.59 Å². The first-order valence-electron chi connectivity index (χ1n) is 8.15. The van der Waals surface area contributed by atoms with Gasteiger partial charge in [0, 0.05) is 19.1 Å². The lowest BCUT2D eigenvalue weighted by Crippen LogP contribution is -2.45. The van der Waals surface area contributed by atoms with Gasteiger partial charge < -0.3 is 10.2 Å². The van der Waals surface area contributed by atoms with Crippen LogP contribution < -0.4 is 5.32 Å². The van der Waals surface area contributed by atoms with Crippen LogP contribution in [-0.2, 0) is 22.7 Å². The minimum absolute atomic E-state index is 0.0529. The van der Waals surface area contributed by atoms with Crippen molar-refractivity contribution in [2.75, 3.05) is 0 Å². The van der Waals surface area contributed by atoms with Gasteiger partial charge in [0.15, 0.2) is 0 Å². The van der Waals surface area contributed by atoms with Crippen molar-refractivity contribution in [3.63, 3.8) is 0 Å². The van der Waals surface area contributed by atoms with E-state index in [-0.39, 0.29) is 6.04 Å². The van der Waals surface area contributed by atoms with Gasteiger partial charge in [0.1, 0.15) is 0 Å². The molecule has 126 valence electrons. The summed E-state index contributed by atoms with van der Waals surface area (Å²) < 4.78 is 0. The highest BCUT2D eigenvalue weighted by Crippen LogP contribution is 2.09. The molecule has 2 aromatic carbocycles. The second kappa shape index (κ2) is 8.29. The molecule has 2 aromatic rings. The van der Waals surface area contributed by atoms with E-state index in [1.165, 1.54) is 0 Å². The third kappa shape index (κ3) is 4.95. The summed E-state index contributed by atoms with van der Waals surface area (Å²) in [6.45, 7) is 6.61. The number of hydrogen-bond acceptors (Lipinski definition) is 2. The highest BCUT2D eigenvalue weighted by Gasteiger charge is 2.24. The van der Waals surface area contributed by atoms with Crippen LogP contribution in [0.3, 0.4) is 0 Å². The Labute approximate surface area is 143 Å². The summed E-state index contributed by atoms with van der Waals surface area (Å²) in [6, 6.07) is 17.5. The van der Waals surface area contributed by atoms with E-state index in [1.54, 1.807) is 4.90 Å². The Morgan fingerprint density at radius 3 is 2.17 bits per heavy atom. The van der Waals surface area contributed by atoms with Crippen molar-refractivity contribution in [3.05, 3.63) is 71.3 Å². The molecule has 0 saturated carbocycles. The van der Waals surface area contributed by atoms with Crippen molar-refractivity contribution in [3.8, 4) is 0 Å². The molecule has 0 aliphatic carbocycles. The van der Waals surface area contributed by atoms with Crippen LogP contribution in [-0.4, -0.2) is 22.8 Å². The van der Waals surface area contributed by atoms with Crippen molar-refractivity contribution in [1.29, 1.82) is 0 Å². The SMILES string of the molecule is Cc1ccc(CNC(=O)C(=O)N(Cc2ccccc2)C(C)C)cc1. The van der Waals surface area contributed by atoms with Gasteiger partial charge in [-0.2, -0.15) is 0 Å². The molecule has 0 bridgehead atoms. The average Bonchev–Trinajstić information content (AvgIpc) is 2.59. The Morgan fingerprint density at radius 1 is 0.958 bits per heavy atom. The first-order chi connectivity index (χ1) is 11.5. The van der Waals surface area contributed by atoms with Crippen molar-refractivity contribution in [2.45, 2.75) is 39.9 Å². The summed E-state index contributed by atoms with van der Waals surface area (Å²) in [7, 11) is 0. The quantitative estimate of drug-likeness (QED) is 0.860. The Kier molecular flexibility index (Phi) is 6.13. The molecule has 0 unspecified atom stereocenters. The van der Waals surface area contributed by atoms with Gasteiger partial charge in [0.25, 0.3) is 0 Å². The lowest BCUT2D eigenvalue weighted by Gasteiger charge is -2.26. The highest BCUT2D eigenvalue weighted by molar-refractivity contribution is 6.35. The molecule has 2 amide bonds. The van der Waals surface area contributed by atoms with Gasteiger partial charge >= 0.3 is 11.8 Å². The fourth-order valence-electron chi connectivity index (χ4n) is 2.36. The second-order valence-corrected chi connectivity index (χ2v) is 6.18. The minimum atomic E-state index is -0.569. The molecular weight excluding hydrogens is 300 g/mol. The van der Waals surface area contributed by atoms with Crippen LogP contribution in [0.25, 0.3) is 0 Å². The maximum Gasteiger partial charge on any atom is 0.312 e. The molecule has 4 heteroatoms. The van der Waals surface area contributed by atoms with Gasteiger partial charge in [-0.1, -0.05) is 60.2 Å². The maximum absolute atomic E-state index is 12.5. The highest BCUT2D eigenvalue weighted by atomic mass is 16.2. The summed E-state index contributed by atoms with van der Waals surface area (Å²) >= 11 is 0. The van der Waals surface area contributed by atoms with Crippen molar-refractivity contribution < 1.29 is 9.59 Å². The lowest BCUT2D eigenvalue weighted by atomic mass is 10.1. The van der Waals surface area contributed by atoms with E-state index >= 15 is 0 Å². The van der Waals surface area contributed by atoms with Gasteiger partial charge in [0.2, 0.25) is 0 Å². The van der Waals surface area contributed by atoms with Crippen LogP contribution in [0.15, 0.2) is 54.6 Å². The third-order valence-electron chi connectivity index (χ3n) is 3.85. The van der Waals surface area contributed by atoms with E-state index in [0.717, 1.165) is 16.7 Å². The number of rotatable bonds is 5. The van der Waals surface area contributed by atoms with Crippen molar-refractivity contribution in [2.24, 2.45) is 0 Å². The first kappa shape index (κ1) is 17.7. The van der Waals surface area contributed by atoms with Crippen LogP contribution >= 0.6 is 0 Å². The largest absolute Gasteiger partial charge is 0.344 e. The smallest absolute Gasteiger partial charge is 0.312 e. The van der Waals surface area contributed by atoms with Gasteiger partial charge in [-0.05, 0) is 31.9 Å². The molecule has 0 spiro atoms. The van der Waals surface area contributed by atoms with Crippen LogP contribution in [0.5, 0.6) is 0 Å². The predicted molar refractivity (Wildman–Crippen MR) is 95.2 cm³/mol. The van der Waals surface area contributed by atoms with E-state index in [2.05, 4.69) is 5.32 Å². The summed E-state index contributed by atoms with van der Waals surface area (Å²) in [5.41, 5.74) is 3.14. The van der Waals surface area contributed by atoms with E-state index in [4.69, 9.17) is 0 Å². The topological polar surface area (TPSA) is 49.4 Å². The number of aryl methyl sites for hydroxylation is 1. The predicted octanol–water partition coefficient (Wildman–Crippen LogP) is 3.05. The van der Waals surface area contributed by atoms with E-state index < -0.39 is 11.8 Å². The van der Waals surface area contributed by atoms with Crippen LogP contribution in [0.1, 0.15) is 30.5 Å². The molecule has 0 heterocycles. The zero-order valence-electron chi connectivity index (χ0n) is 14.5. The number of carbonyl (C=O) groups excluding carboxylic acids is 2. The lowest BCUT2D eigenvalue weighted by molar-refractivity contribution is -0.147. The zero-order chi connectivity index (χ0) is 17.5. The third-order valence-corrected chi connectivity index (χ3v) is 3.85. The number of hydrogen-bond donors (Lipinski definition) is 1. The van der Waals surface area contributed by atoms with Gasteiger partial charge in [-0.25, -0.2) is 0 Å². The Hall–Kier alpha value is -2.62. The number of carbonyl (C=O) groups is 2. The fourth-order valence-corrected chi connectivity index (χ4v) is 2.36.